The zero-order chi connectivity index (χ0) is 13.1. The van der Waals surface area contributed by atoms with Gasteiger partial charge in [-0.1, -0.05) is 6.07 Å². The minimum Gasteiger partial charge on any atom is -0.496 e. The number of amides is 1. The molecule has 1 saturated heterocycles. The van der Waals surface area contributed by atoms with E-state index in [4.69, 9.17) is 4.74 Å². The van der Waals surface area contributed by atoms with Crippen LogP contribution in [0.2, 0.25) is 0 Å². The molecule has 5 heteroatoms. The Morgan fingerprint density at radius 1 is 1.56 bits per heavy atom. The van der Waals surface area contributed by atoms with Crippen molar-refractivity contribution in [2.75, 3.05) is 19.4 Å². The first kappa shape index (κ1) is 13.2. The molecule has 1 aromatic rings. The van der Waals surface area contributed by atoms with Crippen molar-refractivity contribution in [1.82, 2.24) is 4.90 Å². The second-order valence-electron chi connectivity index (χ2n) is 4.48. The Bertz CT molecular complexity index is 453. The molecule has 0 saturated carbocycles. The molecule has 1 aromatic carbocycles. The lowest BCUT2D eigenvalue weighted by Crippen LogP contribution is -2.25. The molecule has 0 aliphatic carbocycles. The van der Waals surface area contributed by atoms with Gasteiger partial charge in [0.25, 0.3) is 0 Å². The van der Waals surface area contributed by atoms with Crippen molar-refractivity contribution in [3.63, 3.8) is 0 Å². The van der Waals surface area contributed by atoms with E-state index in [2.05, 4.69) is 12.6 Å². The van der Waals surface area contributed by atoms with Crippen LogP contribution < -0.4 is 4.74 Å². The summed E-state index contributed by atoms with van der Waals surface area (Å²) in [6.07, 6.45) is 0.549. The number of benzene rings is 1. The molecule has 3 nitrogen and oxygen atoms in total. The zero-order valence-corrected chi connectivity index (χ0v) is 11.1. The third kappa shape index (κ3) is 2.77. The Morgan fingerprint density at radius 3 is 2.94 bits per heavy atom. The number of hydrogen-bond acceptors (Lipinski definition) is 3. The van der Waals surface area contributed by atoms with Crippen molar-refractivity contribution in [2.24, 2.45) is 5.92 Å². The standard InChI is InChI=1S/C13H16FNO2S/c1-17-12-5-11(14)3-2-10(12)7-15-6-9(8-18)4-13(15)16/h2-3,5,9,18H,4,6-8H2,1H3. The molecule has 1 aliphatic heterocycles. The van der Waals surface area contributed by atoms with Gasteiger partial charge in [0.1, 0.15) is 11.6 Å². The Balaban J connectivity index is 2.12. The van der Waals surface area contributed by atoms with Gasteiger partial charge < -0.3 is 9.64 Å². The Hall–Kier alpha value is -1.23. The normalized spacial score (nSPS) is 19.4. The van der Waals surface area contributed by atoms with Crippen LogP contribution in [0.1, 0.15) is 12.0 Å². The third-order valence-electron chi connectivity index (χ3n) is 3.16. The molecule has 1 amide bonds. The van der Waals surface area contributed by atoms with Gasteiger partial charge in [0.05, 0.1) is 7.11 Å². The van der Waals surface area contributed by atoms with Crippen molar-refractivity contribution in [1.29, 1.82) is 0 Å². The van der Waals surface area contributed by atoms with E-state index in [1.807, 2.05) is 0 Å². The molecule has 98 valence electrons. The van der Waals surface area contributed by atoms with Crippen molar-refractivity contribution in [3.8, 4) is 5.75 Å². The van der Waals surface area contributed by atoms with Crippen molar-refractivity contribution >= 4 is 18.5 Å². The summed E-state index contributed by atoms with van der Waals surface area (Å²) in [4.78, 5) is 13.6. The Labute approximate surface area is 111 Å². The van der Waals surface area contributed by atoms with E-state index in [-0.39, 0.29) is 11.7 Å². The lowest BCUT2D eigenvalue weighted by atomic mass is 10.1. The Morgan fingerprint density at radius 2 is 2.33 bits per heavy atom. The van der Waals surface area contributed by atoms with E-state index in [0.29, 0.717) is 36.9 Å². The molecule has 1 aliphatic rings. The zero-order valence-electron chi connectivity index (χ0n) is 10.2. The predicted octanol–water partition coefficient (Wildman–Crippen LogP) is 2.11. The van der Waals surface area contributed by atoms with Crippen LogP contribution in [0.25, 0.3) is 0 Å². The van der Waals surface area contributed by atoms with E-state index in [0.717, 1.165) is 5.56 Å². The predicted molar refractivity (Wildman–Crippen MR) is 70.3 cm³/mol. The van der Waals surface area contributed by atoms with Crippen LogP contribution in [0.3, 0.4) is 0 Å². The number of likely N-dealkylation sites (tertiary alicyclic amines) is 1. The van der Waals surface area contributed by atoms with Crippen LogP contribution >= 0.6 is 12.6 Å². The van der Waals surface area contributed by atoms with Gasteiger partial charge in [0, 0.05) is 31.1 Å². The lowest BCUT2D eigenvalue weighted by Gasteiger charge is -2.18. The molecule has 18 heavy (non-hydrogen) atoms. The summed E-state index contributed by atoms with van der Waals surface area (Å²) in [6, 6.07) is 4.38. The second-order valence-corrected chi connectivity index (χ2v) is 4.85. The van der Waals surface area contributed by atoms with Crippen LogP contribution in [0.15, 0.2) is 18.2 Å². The van der Waals surface area contributed by atoms with E-state index in [1.165, 1.54) is 19.2 Å². The number of thiol groups is 1. The van der Waals surface area contributed by atoms with Crippen molar-refractivity contribution in [2.45, 2.75) is 13.0 Å². The van der Waals surface area contributed by atoms with E-state index in [9.17, 15) is 9.18 Å². The number of ether oxygens (including phenoxy) is 1. The first-order chi connectivity index (χ1) is 8.63. The van der Waals surface area contributed by atoms with Gasteiger partial charge in [-0.3, -0.25) is 4.79 Å². The third-order valence-corrected chi connectivity index (χ3v) is 3.68. The maximum atomic E-state index is 13.1. The number of carbonyl (C=O) groups is 1. The van der Waals surface area contributed by atoms with Gasteiger partial charge in [-0.25, -0.2) is 4.39 Å². The first-order valence-corrected chi connectivity index (χ1v) is 6.48. The number of rotatable bonds is 4. The van der Waals surface area contributed by atoms with Gasteiger partial charge >= 0.3 is 0 Å². The summed E-state index contributed by atoms with van der Waals surface area (Å²) in [6.45, 7) is 1.18. The maximum Gasteiger partial charge on any atom is 0.223 e. The molecular formula is C13H16FNO2S. The fourth-order valence-electron chi connectivity index (χ4n) is 2.18. The van der Waals surface area contributed by atoms with E-state index >= 15 is 0 Å². The molecule has 1 atom stereocenters. The molecule has 0 spiro atoms. The fourth-order valence-corrected chi connectivity index (χ4v) is 2.43. The monoisotopic (exact) mass is 269 g/mol. The minimum absolute atomic E-state index is 0.125. The first-order valence-electron chi connectivity index (χ1n) is 5.85. The topological polar surface area (TPSA) is 29.5 Å². The minimum atomic E-state index is -0.336. The van der Waals surface area contributed by atoms with Crippen molar-refractivity contribution < 1.29 is 13.9 Å². The molecule has 0 aromatic heterocycles. The van der Waals surface area contributed by atoms with Gasteiger partial charge in [-0.05, 0) is 17.7 Å². The van der Waals surface area contributed by atoms with Crippen LogP contribution in [0, 0.1) is 11.7 Å². The summed E-state index contributed by atoms with van der Waals surface area (Å²) < 4.78 is 18.2. The quantitative estimate of drug-likeness (QED) is 0.848. The maximum absolute atomic E-state index is 13.1. The number of halogens is 1. The van der Waals surface area contributed by atoms with Crippen LogP contribution in [-0.2, 0) is 11.3 Å². The molecule has 1 fully saturated rings. The summed E-state index contributed by atoms with van der Waals surface area (Å²) in [5.41, 5.74) is 0.826. The SMILES string of the molecule is COc1cc(F)ccc1CN1CC(CS)CC1=O. The van der Waals surface area contributed by atoms with Gasteiger partial charge in [0.2, 0.25) is 5.91 Å². The average molecular weight is 269 g/mol. The van der Waals surface area contributed by atoms with Gasteiger partial charge in [0.15, 0.2) is 0 Å². The summed E-state index contributed by atoms with van der Waals surface area (Å²) in [5.74, 6) is 1.30. The van der Waals surface area contributed by atoms with Crippen LogP contribution in [0.5, 0.6) is 5.75 Å². The molecule has 0 bridgehead atoms. The smallest absolute Gasteiger partial charge is 0.223 e. The number of carbonyl (C=O) groups excluding carboxylic acids is 1. The molecule has 0 N–H and O–H groups in total. The summed E-state index contributed by atoms with van der Waals surface area (Å²) in [5, 5.41) is 0. The largest absolute Gasteiger partial charge is 0.496 e. The summed E-state index contributed by atoms with van der Waals surface area (Å²) >= 11 is 4.22. The molecule has 1 unspecified atom stereocenters. The van der Waals surface area contributed by atoms with Gasteiger partial charge in [-0.2, -0.15) is 12.6 Å². The fraction of sp³-hybridized carbons (Fsp3) is 0.462. The highest BCUT2D eigenvalue weighted by Gasteiger charge is 2.29. The average Bonchev–Trinajstić information content (AvgIpc) is 2.72. The Kier molecular flexibility index (Phi) is 4.11. The lowest BCUT2D eigenvalue weighted by molar-refractivity contribution is -0.128. The highest BCUT2D eigenvalue weighted by Crippen LogP contribution is 2.25. The number of methoxy groups -OCH3 is 1. The highest BCUT2D eigenvalue weighted by molar-refractivity contribution is 7.80. The van der Waals surface area contributed by atoms with Crippen LogP contribution in [-0.4, -0.2) is 30.2 Å². The van der Waals surface area contributed by atoms with Crippen LogP contribution in [0.4, 0.5) is 4.39 Å². The van der Waals surface area contributed by atoms with E-state index < -0.39 is 0 Å². The number of hydrogen-bond donors (Lipinski definition) is 1. The highest BCUT2D eigenvalue weighted by atomic mass is 32.1. The molecule has 1 heterocycles. The molecule has 2 rings (SSSR count). The molecule has 0 radical (unpaired) electrons. The van der Waals surface area contributed by atoms with Crippen molar-refractivity contribution in [3.05, 3.63) is 29.6 Å². The molecular weight excluding hydrogens is 253 g/mol. The number of nitrogens with zero attached hydrogens (tertiary/aromatic N) is 1. The van der Waals surface area contributed by atoms with E-state index in [1.54, 1.807) is 11.0 Å². The summed E-state index contributed by atoms with van der Waals surface area (Å²) in [7, 11) is 1.50. The second kappa shape index (κ2) is 5.61. The van der Waals surface area contributed by atoms with Gasteiger partial charge in [-0.15, -0.1) is 0 Å².